The summed E-state index contributed by atoms with van der Waals surface area (Å²) in [5, 5.41) is 0. The number of aryl methyl sites for hydroxylation is 2. The molecule has 0 radical (unpaired) electrons. The van der Waals surface area contributed by atoms with E-state index in [1.165, 1.54) is 39.3 Å². The largest absolute Gasteiger partial charge is 0.314 e. The van der Waals surface area contributed by atoms with Crippen molar-refractivity contribution in [2.45, 2.75) is 33.1 Å². The molecule has 0 fully saturated rings. The first-order chi connectivity index (χ1) is 10.5. The Morgan fingerprint density at radius 2 is 1.55 bits per heavy atom. The van der Waals surface area contributed by atoms with Crippen molar-refractivity contribution in [1.29, 1.82) is 0 Å². The Hall–Kier alpha value is -2.28. The minimum Gasteiger partial charge on any atom is -0.314 e. The van der Waals surface area contributed by atoms with Gasteiger partial charge < -0.3 is 4.57 Å². The molecule has 0 aliphatic heterocycles. The van der Waals surface area contributed by atoms with Gasteiger partial charge in [-0.3, -0.25) is 0 Å². The molecule has 1 aromatic heterocycles. The Labute approximate surface area is 132 Å². The van der Waals surface area contributed by atoms with Gasteiger partial charge in [-0.05, 0) is 43.2 Å². The van der Waals surface area contributed by atoms with Gasteiger partial charge in [-0.2, -0.15) is 0 Å². The van der Waals surface area contributed by atoms with Crippen molar-refractivity contribution in [2.24, 2.45) is 0 Å². The van der Waals surface area contributed by atoms with Gasteiger partial charge in [0.25, 0.3) is 0 Å². The van der Waals surface area contributed by atoms with Gasteiger partial charge in [0.1, 0.15) is 0 Å². The molecule has 22 heavy (non-hydrogen) atoms. The highest BCUT2D eigenvalue weighted by atomic mass is 15.0. The molecule has 4 rings (SSSR count). The number of para-hydroxylation sites is 1. The minimum absolute atomic E-state index is 0.0709. The zero-order valence-corrected chi connectivity index (χ0v) is 13.6. The number of hydrogen-bond acceptors (Lipinski definition) is 0. The van der Waals surface area contributed by atoms with E-state index in [-0.39, 0.29) is 5.41 Å². The van der Waals surface area contributed by atoms with Crippen LogP contribution in [0.1, 0.15) is 36.2 Å². The second-order valence-corrected chi connectivity index (χ2v) is 6.89. The third-order valence-corrected chi connectivity index (χ3v) is 4.98. The highest BCUT2D eigenvalue weighted by Gasteiger charge is 2.38. The number of aromatic nitrogens is 1. The van der Waals surface area contributed by atoms with Crippen LogP contribution in [0.25, 0.3) is 16.9 Å². The highest BCUT2D eigenvalue weighted by molar-refractivity contribution is 5.81. The summed E-state index contributed by atoms with van der Waals surface area (Å²) in [4.78, 5) is 0. The minimum atomic E-state index is 0.0709. The topological polar surface area (TPSA) is 4.93 Å². The number of fused-ring (bicyclic) bond motifs is 3. The van der Waals surface area contributed by atoms with Crippen LogP contribution in [-0.4, -0.2) is 4.57 Å². The van der Waals surface area contributed by atoms with Gasteiger partial charge in [-0.15, -0.1) is 0 Å². The van der Waals surface area contributed by atoms with E-state index in [0.717, 1.165) is 0 Å². The third-order valence-electron chi connectivity index (χ3n) is 4.98. The second-order valence-electron chi connectivity index (χ2n) is 6.89. The van der Waals surface area contributed by atoms with Crippen LogP contribution in [0.3, 0.4) is 0 Å². The molecule has 3 aromatic rings. The highest BCUT2D eigenvalue weighted by Crippen LogP contribution is 2.50. The summed E-state index contributed by atoms with van der Waals surface area (Å²) in [6, 6.07) is 19.9. The quantitative estimate of drug-likeness (QED) is 0.564. The van der Waals surface area contributed by atoms with Crippen molar-refractivity contribution in [3.8, 4) is 16.9 Å². The number of benzene rings is 2. The smallest absolute Gasteiger partial charge is 0.0575 e. The third kappa shape index (κ3) is 1.65. The van der Waals surface area contributed by atoms with Gasteiger partial charge in [-0.25, -0.2) is 0 Å². The molecule has 0 saturated heterocycles. The summed E-state index contributed by atoms with van der Waals surface area (Å²) >= 11 is 0. The Morgan fingerprint density at radius 3 is 2.27 bits per heavy atom. The summed E-state index contributed by atoms with van der Waals surface area (Å²) in [6.07, 6.45) is 0. The maximum absolute atomic E-state index is 2.40. The lowest BCUT2D eigenvalue weighted by atomic mass is 9.82. The summed E-state index contributed by atoms with van der Waals surface area (Å²) in [5.41, 5.74) is 9.57. The van der Waals surface area contributed by atoms with E-state index in [4.69, 9.17) is 0 Å². The van der Waals surface area contributed by atoms with Crippen molar-refractivity contribution in [3.63, 3.8) is 0 Å². The molecule has 0 spiro atoms. The molecule has 0 bridgehead atoms. The van der Waals surface area contributed by atoms with Crippen molar-refractivity contribution in [3.05, 3.63) is 77.0 Å². The fourth-order valence-corrected chi connectivity index (χ4v) is 3.82. The molecule has 110 valence electrons. The van der Waals surface area contributed by atoms with E-state index < -0.39 is 0 Å². The second kappa shape index (κ2) is 4.36. The van der Waals surface area contributed by atoms with Gasteiger partial charge >= 0.3 is 0 Å². The lowest BCUT2D eigenvalue weighted by Gasteiger charge is -2.20. The van der Waals surface area contributed by atoms with Crippen LogP contribution in [-0.2, 0) is 5.41 Å². The molecule has 1 aliphatic carbocycles. The van der Waals surface area contributed by atoms with Crippen molar-refractivity contribution in [1.82, 2.24) is 4.57 Å². The van der Waals surface area contributed by atoms with E-state index in [0.29, 0.717) is 0 Å². The summed E-state index contributed by atoms with van der Waals surface area (Å²) in [7, 11) is 0. The van der Waals surface area contributed by atoms with Gasteiger partial charge in [0.15, 0.2) is 0 Å². The van der Waals surface area contributed by atoms with E-state index in [9.17, 15) is 0 Å². The molecule has 0 atom stereocenters. The van der Waals surface area contributed by atoms with Crippen LogP contribution in [0.4, 0.5) is 0 Å². The van der Waals surface area contributed by atoms with Gasteiger partial charge in [-0.1, -0.05) is 55.8 Å². The normalized spacial score (nSPS) is 14.7. The van der Waals surface area contributed by atoms with Crippen LogP contribution in [0.2, 0.25) is 0 Å². The fraction of sp³-hybridized carbons (Fsp3) is 0.238. The maximum Gasteiger partial charge on any atom is 0.0575 e. The maximum atomic E-state index is 2.40. The fourth-order valence-electron chi connectivity index (χ4n) is 3.82. The Kier molecular flexibility index (Phi) is 2.65. The van der Waals surface area contributed by atoms with Crippen molar-refractivity contribution < 1.29 is 0 Å². The number of rotatable bonds is 1. The van der Waals surface area contributed by atoms with Crippen LogP contribution >= 0.6 is 0 Å². The van der Waals surface area contributed by atoms with Gasteiger partial charge in [0.05, 0.1) is 5.69 Å². The molecule has 0 amide bonds. The Bertz CT molecular complexity index is 866. The summed E-state index contributed by atoms with van der Waals surface area (Å²) in [6.45, 7) is 9.06. The monoisotopic (exact) mass is 287 g/mol. The number of nitrogens with zero attached hydrogens (tertiary/aromatic N) is 1. The van der Waals surface area contributed by atoms with Crippen molar-refractivity contribution >= 4 is 0 Å². The van der Waals surface area contributed by atoms with Gasteiger partial charge in [0.2, 0.25) is 0 Å². The predicted molar refractivity (Wildman–Crippen MR) is 92.8 cm³/mol. The van der Waals surface area contributed by atoms with E-state index >= 15 is 0 Å². The molecule has 0 saturated carbocycles. The summed E-state index contributed by atoms with van der Waals surface area (Å²) in [5.74, 6) is 0. The van der Waals surface area contributed by atoms with E-state index in [2.05, 4.69) is 86.9 Å². The van der Waals surface area contributed by atoms with Crippen LogP contribution in [0, 0.1) is 13.8 Å². The standard InChI is InChI=1S/C21H21N/c1-14-10-11-17-18(12-14)21(3,4)19-13-15(2)22(20(17)19)16-8-6-5-7-9-16/h5-13H,1-4H3. The first-order valence-corrected chi connectivity index (χ1v) is 7.90. The lowest BCUT2D eigenvalue weighted by Crippen LogP contribution is -2.14. The molecule has 1 heteroatoms. The molecule has 0 N–H and O–H groups in total. The Morgan fingerprint density at radius 1 is 0.818 bits per heavy atom. The molecule has 1 aliphatic rings. The first-order valence-electron chi connectivity index (χ1n) is 7.90. The lowest BCUT2D eigenvalue weighted by molar-refractivity contribution is 0.660. The SMILES string of the molecule is Cc1ccc2c(c1)C(C)(C)c1cc(C)n(-c3ccccc3)c1-2. The molecule has 0 unspecified atom stereocenters. The van der Waals surface area contributed by atoms with Gasteiger partial charge in [0, 0.05) is 22.4 Å². The summed E-state index contributed by atoms with van der Waals surface area (Å²) < 4.78 is 2.40. The van der Waals surface area contributed by atoms with E-state index in [1.54, 1.807) is 0 Å². The van der Waals surface area contributed by atoms with Crippen molar-refractivity contribution in [2.75, 3.05) is 0 Å². The van der Waals surface area contributed by atoms with E-state index in [1.807, 2.05) is 0 Å². The predicted octanol–water partition coefficient (Wildman–Crippen LogP) is 5.40. The molecule has 2 aromatic carbocycles. The molecular formula is C21H21N. The Balaban J connectivity index is 2.08. The molecule has 1 nitrogen and oxygen atoms in total. The first kappa shape index (κ1) is 13.4. The van der Waals surface area contributed by atoms with Crippen LogP contribution in [0.5, 0.6) is 0 Å². The average molecular weight is 287 g/mol. The zero-order chi connectivity index (χ0) is 15.5. The zero-order valence-electron chi connectivity index (χ0n) is 13.6. The van der Waals surface area contributed by atoms with Crippen LogP contribution < -0.4 is 0 Å². The average Bonchev–Trinajstić information content (AvgIpc) is 2.94. The van der Waals surface area contributed by atoms with Crippen LogP contribution in [0.15, 0.2) is 54.6 Å². The molecule has 1 heterocycles. The molecular weight excluding hydrogens is 266 g/mol. The number of hydrogen-bond donors (Lipinski definition) is 0.